The molecule has 2 rings (SSSR count). The monoisotopic (exact) mass is 284 g/mol. The molecular weight excluding hydrogens is 264 g/mol. The molecule has 0 saturated heterocycles. The molecule has 0 bridgehead atoms. The molecule has 2 aromatic rings. The van der Waals surface area contributed by atoms with Crippen LogP contribution in [0, 0.1) is 25.2 Å². The average Bonchev–Trinajstić information content (AvgIpc) is 2.93. The summed E-state index contributed by atoms with van der Waals surface area (Å²) in [7, 11) is 0. The van der Waals surface area contributed by atoms with Gasteiger partial charge in [0.2, 0.25) is 0 Å². The van der Waals surface area contributed by atoms with Crippen LogP contribution in [0.15, 0.2) is 22.7 Å². The van der Waals surface area contributed by atoms with E-state index >= 15 is 0 Å². The first-order chi connectivity index (χ1) is 10.1. The number of aromatic nitrogens is 1. The Morgan fingerprint density at radius 3 is 2.52 bits per heavy atom. The van der Waals surface area contributed by atoms with Gasteiger partial charge in [-0.15, -0.1) is 0 Å². The first-order valence-corrected chi connectivity index (χ1v) is 7.22. The maximum absolute atomic E-state index is 8.93. The standard InChI is InChI=1S/C17H20N2O2/c1-4-15-10-16(21-19-15)6-5-7-20-17-12(2)8-14(11-18)9-13(17)3/h8-10H,4-7H2,1-3H3. The van der Waals surface area contributed by atoms with E-state index < -0.39 is 0 Å². The number of nitriles is 1. The van der Waals surface area contributed by atoms with Crippen molar-refractivity contribution >= 4 is 0 Å². The predicted molar refractivity (Wildman–Crippen MR) is 80.3 cm³/mol. The zero-order chi connectivity index (χ0) is 15.2. The van der Waals surface area contributed by atoms with Gasteiger partial charge in [-0.3, -0.25) is 0 Å². The Morgan fingerprint density at radius 2 is 1.95 bits per heavy atom. The molecule has 0 aliphatic carbocycles. The summed E-state index contributed by atoms with van der Waals surface area (Å²) in [4.78, 5) is 0. The van der Waals surface area contributed by atoms with Crippen LogP contribution in [0.5, 0.6) is 5.75 Å². The summed E-state index contributed by atoms with van der Waals surface area (Å²) in [6.45, 7) is 6.61. The van der Waals surface area contributed by atoms with Crippen LogP contribution in [0.25, 0.3) is 0 Å². The highest BCUT2D eigenvalue weighted by Crippen LogP contribution is 2.24. The fraction of sp³-hybridized carbons (Fsp3) is 0.412. The zero-order valence-corrected chi connectivity index (χ0v) is 12.8. The van der Waals surface area contributed by atoms with Gasteiger partial charge < -0.3 is 9.26 Å². The number of aryl methyl sites for hydroxylation is 4. The second-order valence-corrected chi connectivity index (χ2v) is 5.14. The van der Waals surface area contributed by atoms with Crippen LogP contribution in [0.4, 0.5) is 0 Å². The first-order valence-electron chi connectivity index (χ1n) is 7.22. The van der Waals surface area contributed by atoms with Crippen molar-refractivity contribution in [3.63, 3.8) is 0 Å². The Balaban J connectivity index is 1.88. The normalized spacial score (nSPS) is 10.4. The SMILES string of the molecule is CCc1cc(CCCOc2c(C)cc(C#N)cc2C)on1. The maximum Gasteiger partial charge on any atom is 0.137 e. The van der Waals surface area contributed by atoms with E-state index in [0.29, 0.717) is 12.2 Å². The van der Waals surface area contributed by atoms with Gasteiger partial charge in [0.15, 0.2) is 0 Å². The molecule has 0 aliphatic rings. The van der Waals surface area contributed by atoms with Crippen LogP contribution in [-0.2, 0) is 12.8 Å². The molecule has 0 unspecified atom stereocenters. The number of benzene rings is 1. The fourth-order valence-corrected chi connectivity index (χ4v) is 2.30. The van der Waals surface area contributed by atoms with Crippen molar-refractivity contribution in [2.45, 2.75) is 40.0 Å². The van der Waals surface area contributed by atoms with Crippen LogP contribution in [0.1, 0.15) is 41.5 Å². The molecule has 4 nitrogen and oxygen atoms in total. The van der Waals surface area contributed by atoms with E-state index in [1.165, 1.54) is 0 Å². The molecule has 0 N–H and O–H groups in total. The Hall–Kier alpha value is -2.28. The molecule has 110 valence electrons. The molecule has 0 amide bonds. The van der Waals surface area contributed by atoms with Crippen LogP contribution in [-0.4, -0.2) is 11.8 Å². The van der Waals surface area contributed by atoms with Gasteiger partial charge in [-0.2, -0.15) is 5.26 Å². The molecule has 0 aliphatic heterocycles. The van der Waals surface area contributed by atoms with Crippen molar-refractivity contribution in [3.05, 3.63) is 46.3 Å². The van der Waals surface area contributed by atoms with E-state index in [9.17, 15) is 0 Å². The molecular formula is C17H20N2O2. The number of nitrogens with zero attached hydrogens (tertiary/aromatic N) is 2. The van der Waals surface area contributed by atoms with Gasteiger partial charge in [0, 0.05) is 12.5 Å². The molecule has 21 heavy (non-hydrogen) atoms. The summed E-state index contributed by atoms with van der Waals surface area (Å²) >= 11 is 0. The van der Waals surface area contributed by atoms with Crippen molar-refractivity contribution < 1.29 is 9.26 Å². The molecule has 1 aromatic heterocycles. The first kappa shape index (κ1) is 15.1. The second kappa shape index (κ2) is 6.94. The van der Waals surface area contributed by atoms with Crippen LogP contribution >= 0.6 is 0 Å². The fourth-order valence-electron chi connectivity index (χ4n) is 2.30. The van der Waals surface area contributed by atoms with Gasteiger partial charge in [-0.05, 0) is 49.9 Å². The Labute approximate surface area is 125 Å². The summed E-state index contributed by atoms with van der Waals surface area (Å²) in [5.41, 5.74) is 3.66. The van der Waals surface area contributed by atoms with Crippen molar-refractivity contribution in [2.75, 3.05) is 6.61 Å². The van der Waals surface area contributed by atoms with Gasteiger partial charge in [0.25, 0.3) is 0 Å². The van der Waals surface area contributed by atoms with E-state index in [0.717, 1.165) is 47.6 Å². The Bertz CT molecular complexity index is 630. The largest absolute Gasteiger partial charge is 0.493 e. The summed E-state index contributed by atoms with van der Waals surface area (Å²) in [5, 5.41) is 12.9. The average molecular weight is 284 g/mol. The number of hydrogen-bond acceptors (Lipinski definition) is 4. The van der Waals surface area contributed by atoms with Crippen molar-refractivity contribution in [2.24, 2.45) is 0 Å². The third-order valence-corrected chi connectivity index (χ3v) is 3.37. The van der Waals surface area contributed by atoms with Gasteiger partial charge in [0.05, 0.1) is 23.9 Å². The van der Waals surface area contributed by atoms with E-state index in [1.54, 1.807) is 0 Å². The number of rotatable bonds is 6. The quantitative estimate of drug-likeness (QED) is 0.758. The highest BCUT2D eigenvalue weighted by molar-refractivity contribution is 5.47. The smallest absolute Gasteiger partial charge is 0.137 e. The van der Waals surface area contributed by atoms with Gasteiger partial charge >= 0.3 is 0 Å². The van der Waals surface area contributed by atoms with Crippen molar-refractivity contribution in [1.82, 2.24) is 5.16 Å². The highest BCUT2D eigenvalue weighted by atomic mass is 16.5. The summed E-state index contributed by atoms with van der Waals surface area (Å²) in [6, 6.07) is 7.86. The van der Waals surface area contributed by atoms with Gasteiger partial charge in [-0.1, -0.05) is 12.1 Å². The topological polar surface area (TPSA) is 59.0 Å². The van der Waals surface area contributed by atoms with Crippen LogP contribution in [0.3, 0.4) is 0 Å². The third-order valence-electron chi connectivity index (χ3n) is 3.37. The molecule has 0 fully saturated rings. The Kier molecular flexibility index (Phi) is 4.99. The minimum atomic E-state index is 0.621. The lowest BCUT2D eigenvalue weighted by Crippen LogP contribution is -2.02. The lowest BCUT2D eigenvalue weighted by Gasteiger charge is -2.12. The van der Waals surface area contributed by atoms with E-state index in [2.05, 4.69) is 18.1 Å². The minimum Gasteiger partial charge on any atom is -0.493 e. The van der Waals surface area contributed by atoms with E-state index in [-0.39, 0.29) is 0 Å². The van der Waals surface area contributed by atoms with Crippen LogP contribution in [0.2, 0.25) is 0 Å². The molecule has 0 saturated carbocycles. The van der Waals surface area contributed by atoms with Gasteiger partial charge in [-0.25, -0.2) is 0 Å². The second-order valence-electron chi connectivity index (χ2n) is 5.14. The number of ether oxygens (including phenoxy) is 1. The molecule has 0 spiro atoms. The summed E-state index contributed by atoms with van der Waals surface area (Å²) in [6.07, 6.45) is 2.59. The number of hydrogen-bond donors (Lipinski definition) is 0. The van der Waals surface area contributed by atoms with Gasteiger partial charge in [0.1, 0.15) is 11.5 Å². The molecule has 0 atom stereocenters. The Morgan fingerprint density at radius 1 is 1.24 bits per heavy atom. The van der Waals surface area contributed by atoms with E-state index in [1.807, 2.05) is 32.0 Å². The van der Waals surface area contributed by atoms with Crippen molar-refractivity contribution in [3.8, 4) is 11.8 Å². The van der Waals surface area contributed by atoms with Crippen LogP contribution < -0.4 is 4.74 Å². The lowest BCUT2D eigenvalue weighted by atomic mass is 10.1. The zero-order valence-electron chi connectivity index (χ0n) is 12.8. The molecule has 0 radical (unpaired) electrons. The summed E-state index contributed by atoms with van der Waals surface area (Å²) < 4.78 is 11.1. The predicted octanol–water partition coefficient (Wildman–Crippen LogP) is 3.74. The van der Waals surface area contributed by atoms with Crippen molar-refractivity contribution in [1.29, 1.82) is 5.26 Å². The minimum absolute atomic E-state index is 0.621. The lowest BCUT2D eigenvalue weighted by molar-refractivity contribution is 0.296. The third kappa shape index (κ3) is 3.85. The highest BCUT2D eigenvalue weighted by Gasteiger charge is 2.07. The summed E-state index contributed by atoms with van der Waals surface area (Å²) in [5.74, 6) is 1.78. The molecule has 1 aromatic carbocycles. The molecule has 1 heterocycles. The maximum atomic E-state index is 8.93. The van der Waals surface area contributed by atoms with E-state index in [4.69, 9.17) is 14.5 Å². The molecule has 4 heteroatoms.